The zero-order chi connectivity index (χ0) is 12.7. The largest absolute Gasteiger partial charge is 0.326 e. The summed E-state index contributed by atoms with van der Waals surface area (Å²) in [5.74, 6) is 6.49. The molecule has 16 heavy (non-hydrogen) atoms. The standard InChI is InChI=1S/C15H29N/c1-6-11-14(2,3)12-9-7-8-10-13-15(4,5)16/h6,9-13,16H2,1-5H3. The molecule has 0 bridgehead atoms. The van der Waals surface area contributed by atoms with E-state index in [1.54, 1.807) is 0 Å². The molecule has 0 aromatic heterocycles. The van der Waals surface area contributed by atoms with Gasteiger partial charge >= 0.3 is 0 Å². The highest BCUT2D eigenvalue weighted by atomic mass is 14.7. The van der Waals surface area contributed by atoms with Crippen LogP contribution < -0.4 is 5.73 Å². The molecule has 0 aliphatic heterocycles. The Morgan fingerprint density at radius 2 is 1.38 bits per heavy atom. The van der Waals surface area contributed by atoms with Crippen molar-refractivity contribution in [3.63, 3.8) is 0 Å². The van der Waals surface area contributed by atoms with E-state index in [0.29, 0.717) is 5.41 Å². The van der Waals surface area contributed by atoms with Crippen LogP contribution in [0.2, 0.25) is 0 Å². The van der Waals surface area contributed by atoms with Gasteiger partial charge in [0.05, 0.1) is 0 Å². The van der Waals surface area contributed by atoms with Crippen LogP contribution >= 0.6 is 0 Å². The lowest BCUT2D eigenvalue weighted by Gasteiger charge is -2.22. The summed E-state index contributed by atoms with van der Waals surface area (Å²) >= 11 is 0. The third kappa shape index (κ3) is 10.1. The molecule has 0 heterocycles. The Morgan fingerprint density at radius 1 is 0.875 bits per heavy atom. The third-order valence-electron chi connectivity index (χ3n) is 2.87. The average Bonchev–Trinajstić information content (AvgIpc) is 2.09. The predicted octanol–water partition coefficient (Wildman–Crippen LogP) is 4.11. The molecule has 1 heteroatoms. The Bertz CT molecular complexity index is 234. The maximum atomic E-state index is 5.89. The molecular formula is C15H29N. The summed E-state index contributed by atoms with van der Waals surface area (Å²) in [5.41, 5.74) is 6.27. The summed E-state index contributed by atoms with van der Waals surface area (Å²) in [6.45, 7) is 11.0. The van der Waals surface area contributed by atoms with Crippen molar-refractivity contribution in [2.45, 2.75) is 78.7 Å². The molecule has 0 aliphatic carbocycles. The number of rotatable bonds is 6. The van der Waals surface area contributed by atoms with Gasteiger partial charge in [0, 0.05) is 18.4 Å². The normalized spacial score (nSPS) is 12.1. The van der Waals surface area contributed by atoms with E-state index in [0.717, 1.165) is 19.3 Å². The summed E-state index contributed by atoms with van der Waals surface area (Å²) in [7, 11) is 0. The summed E-state index contributed by atoms with van der Waals surface area (Å²) in [4.78, 5) is 0. The van der Waals surface area contributed by atoms with Gasteiger partial charge in [-0.25, -0.2) is 0 Å². The number of nitrogens with two attached hydrogens (primary N) is 1. The van der Waals surface area contributed by atoms with Crippen molar-refractivity contribution >= 4 is 0 Å². The molecular weight excluding hydrogens is 194 g/mol. The van der Waals surface area contributed by atoms with Crippen LogP contribution in [0.15, 0.2) is 0 Å². The maximum absolute atomic E-state index is 5.89. The van der Waals surface area contributed by atoms with Crippen molar-refractivity contribution < 1.29 is 0 Å². The Balaban J connectivity index is 3.70. The van der Waals surface area contributed by atoms with Crippen LogP contribution in [0.5, 0.6) is 0 Å². The molecule has 0 saturated carbocycles. The minimum atomic E-state index is -0.0733. The monoisotopic (exact) mass is 223 g/mol. The van der Waals surface area contributed by atoms with Gasteiger partial charge in [-0.1, -0.05) is 27.2 Å². The van der Waals surface area contributed by atoms with Crippen LogP contribution in [-0.4, -0.2) is 5.54 Å². The van der Waals surface area contributed by atoms with Gasteiger partial charge in [-0.2, -0.15) is 0 Å². The maximum Gasteiger partial charge on any atom is 0.0106 e. The molecule has 0 fully saturated rings. The molecule has 0 amide bonds. The van der Waals surface area contributed by atoms with Crippen LogP contribution in [0.3, 0.4) is 0 Å². The predicted molar refractivity (Wildman–Crippen MR) is 73.2 cm³/mol. The van der Waals surface area contributed by atoms with E-state index in [1.165, 1.54) is 19.3 Å². The molecule has 0 rings (SSSR count). The van der Waals surface area contributed by atoms with Gasteiger partial charge in [-0.15, -0.1) is 11.8 Å². The molecule has 0 aromatic rings. The van der Waals surface area contributed by atoms with Gasteiger partial charge in [0.1, 0.15) is 0 Å². The Kier molecular flexibility index (Phi) is 6.76. The Labute approximate surface area is 102 Å². The summed E-state index contributed by atoms with van der Waals surface area (Å²) in [5, 5.41) is 0. The van der Waals surface area contributed by atoms with Crippen molar-refractivity contribution in [1.82, 2.24) is 0 Å². The molecule has 2 N–H and O–H groups in total. The minimum absolute atomic E-state index is 0.0733. The van der Waals surface area contributed by atoms with E-state index >= 15 is 0 Å². The second kappa shape index (κ2) is 6.97. The lowest BCUT2D eigenvalue weighted by Crippen LogP contribution is -2.31. The van der Waals surface area contributed by atoms with E-state index in [1.807, 2.05) is 0 Å². The summed E-state index contributed by atoms with van der Waals surface area (Å²) < 4.78 is 0. The highest BCUT2D eigenvalue weighted by molar-refractivity contribution is 5.00. The van der Waals surface area contributed by atoms with Crippen molar-refractivity contribution in [2.24, 2.45) is 11.1 Å². The van der Waals surface area contributed by atoms with Crippen LogP contribution in [0.1, 0.15) is 73.1 Å². The van der Waals surface area contributed by atoms with E-state index in [-0.39, 0.29) is 5.54 Å². The van der Waals surface area contributed by atoms with Crippen molar-refractivity contribution in [1.29, 1.82) is 0 Å². The smallest absolute Gasteiger partial charge is 0.0106 e. The zero-order valence-corrected chi connectivity index (χ0v) is 11.8. The third-order valence-corrected chi connectivity index (χ3v) is 2.87. The van der Waals surface area contributed by atoms with Gasteiger partial charge in [0.2, 0.25) is 0 Å². The van der Waals surface area contributed by atoms with Crippen molar-refractivity contribution in [2.75, 3.05) is 0 Å². The van der Waals surface area contributed by atoms with Gasteiger partial charge < -0.3 is 5.73 Å². The van der Waals surface area contributed by atoms with Crippen LogP contribution in [-0.2, 0) is 0 Å². The first kappa shape index (κ1) is 15.5. The average molecular weight is 223 g/mol. The van der Waals surface area contributed by atoms with Gasteiger partial charge in [-0.3, -0.25) is 0 Å². The Morgan fingerprint density at radius 3 is 1.81 bits per heavy atom. The number of hydrogen-bond donors (Lipinski definition) is 1. The van der Waals surface area contributed by atoms with E-state index in [4.69, 9.17) is 5.73 Å². The second-order valence-corrected chi connectivity index (χ2v) is 6.26. The summed E-state index contributed by atoms with van der Waals surface area (Å²) in [6, 6.07) is 0. The first-order valence-electron chi connectivity index (χ1n) is 6.51. The highest BCUT2D eigenvalue weighted by Gasteiger charge is 2.14. The topological polar surface area (TPSA) is 26.0 Å². The molecule has 0 spiro atoms. The fourth-order valence-corrected chi connectivity index (χ4v) is 1.76. The molecule has 94 valence electrons. The minimum Gasteiger partial charge on any atom is -0.326 e. The fourth-order valence-electron chi connectivity index (χ4n) is 1.76. The van der Waals surface area contributed by atoms with Crippen molar-refractivity contribution in [3.8, 4) is 11.8 Å². The van der Waals surface area contributed by atoms with E-state index in [9.17, 15) is 0 Å². The van der Waals surface area contributed by atoms with Gasteiger partial charge in [0.15, 0.2) is 0 Å². The quantitative estimate of drug-likeness (QED) is 0.674. The SMILES string of the molecule is CCCC(C)(C)CCC#CCCC(C)(C)N. The van der Waals surface area contributed by atoms with Crippen LogP contribution in [0, 0.1) is 17.3 Å². The van der Waals surface area contributed by atoms with Crippen LogP contribution in [0.25, 0.3) is 0 Å². The zero-order valence-electron chi connectivity index (χ0n) is 11.8. The first-order chi connectivity index (χ1) is 7.27. The highest BCUT2D eigenvalue weighted by Crippen LogP contribution is 2.27. The van der Waals surface area contributed by atoms with Gasteiger partial charge in [0.25, 0.3) is 0 Å². The number of hydrogen-bond acceptors (Lipinski definition) is 1. The van der Waals surface area contributed by atoms with E-state index in [2.05, 4.69) is 46.5 Å². The molecule has 0 saturated heterocycles. The first-order valence-corrected chi connectivity index (χ1v) is 6.51. The molecule has 0 radical (unpaired) electrons. The molecule has 0 unspecified atom stereocenters. The molecule has 0 aromatic carbocycles. The summed E-state index contributed by atoms with van der Waals surface area (Å²) in [6.07, 6.45) is 6.71. The lowest BCUT2D eigenvalue weighted by molar-refractivity contribution is 0.309. The molecule has 0 aliphatic rings. The molecule has 1 nitrogen and oxygen atoms in total. The van der Waals surface area contributed by atoms with Crippen LogP contribution in [0.4, 0.5) is 0 Å². The Hall–Kier alpha value is -0.480. The van der Waals surface area contributed by atoms with Gasteiger partial charge in [-0.05, 0) is 38.5 Å². The van der Waals surface area contributed by atoms with Crippen molar-refractivity contribution in [3.05, 3.63) is 0 Å². The second-order valence-electron chi connectivity index (χ2n) is 6.26. The van der Waals surface area contributed by atoms with E-state index < -0.39 is 0 Å². The lowest BCUT2D eigenvalue weighted by atomic mass is 9.83. The fraction of sp³-hybridized carbons (Fsp3) is 0.867. The molecule has 0 atom stereocenters.